The minimum atomic E-state index is -2.60. The van der Waals surface area contributed by atoms with Crippen molar-refractivity contribution in [2.24, 2.45) is 0 Å². The first kappa shape index (κ1) is 12.2. The van der Waals surface area contributed by atoms with E-state index in [2.05, 4.69) is 16.4 Å². The quantitative estimate of drug-likeness (QED) is 0.496. The van der Waals surface area contributed by atoms with E-state index in [1.807, 2.05) is 6.92 Å². The van der Waals surface area contributed by atoms with Gasteiger partial charge in [0.15, 0.2) is 0 Å². The van der Waals surface area contributed by atoms with Gasteiger partial charge < -0.3 is 5.32 Å². The molecule has 0 radical (unpaired) electrons. The highest BCUT2D eigenvalue weighted by Crippen LogP contribution is 2.14. The number of carbonyl (C=O) groups is 1. The summed E-state index contributed by atoms with van der Waals surface area (Å²) in [5.41, 5.74) is 0. The Morgan fingerprint density at radius 1 is 1.85 bits per heavy atom. The Labute approximate surface area is 77.7 Å². The number of hydrogen-bond donors (Lipinski definition) is 2. The average Bonchev–Trinajstić information content (AvgIpc) is 2.11. The van der Waals surface area contributed by atoms with Crippen molar-refractivity contribution in [3.8, 4) is 0 Å². The molecule has 0 aliphatic rings. The van der Waals surface area contributed by atoms with Crippen LogP contribution >= 0.6 is 8.25 Å². The minimum absolute atomic E-state index is 0.0295. The van der Waals surface area contributed by atoms with Gasteiger partial charge in [-0.15, -0.1) is 9.42 Å². The Balaban J connectivity index is 3.81. The molecule has 6 heteroatoms. The molecule has 1 amide bonds. The SMILES string of the molecule is C=CC(=O)NC(CC)CO[P+](=O)O. The molecule has 2 unspecified atom stereocenters. The van der Waals surface area contributed by atoms with E-state index in [-0.39, 0.29) is 18.6 Å². The fraction of sp³-hybridized carbons (Fsp3) is 0.571. The number of amides is 1. The summed E-state index contributed by atoms with van der Waals surface area (Å²) in [4.78, 5) is 19.1. The van der Waals surface area contributed by atoms with Crippen LogP contribution in [0, 0.1) is 0 Å². The average molecular weight is 206 g/mol. The van der Waals surface area contributed by atoms with Gasteiger partial charge in [0, 0.05) is 4.57 Å². The molecular weight excluding hydrogens is 193 g/mol. The van der Waals surface area contributed by atoms with Gasteiger partial charge in [-0.05, 0) is 12.5 Å². The van der Waals surface area contributed by atoms with Crippen molar-refractivity contribution in [1.29, 1.82) is 0 Å². The highest BCUT2D eigenvalue weighted by molar-refractivity contribution is 7.32. The van der Waals surface area contributed by atoms with Gasteiger partial charge in [-0.2, -0.15) is 0 Å². The second-order valence-corrected chi connectivity index (χ2v) is 3.09. The first-order valence-corrected chi connectivity index (χ1v) is 4.95. The van der Waals surface area contributed by atoms with Crippen molar-refractivity contribution in [2.45, 2.75) is 19.4 Å². The zero-order chi connectivity index (χ0) is 10.3. The van der Waals surface area contributed by atoms with Gasteiger partial charge in [-0.3, -0.25) is 4.79 Å². The van der Waals surface area contributed by atoms with E-state index in [0.717, 1.165) is 6.08 Å². The molecule has 13 heavy (non-hydrogen) atoms. The lowest BCUT2D eigenvalue weighted by molar-refractivity contribution is -0.117. The van der Waals surface area contributed by atoms with Crippen LogP contribution < -0.4 is 5.32 Å². The van der Waals surface area contributed by atoms with Crippen LogP contribution in [0.2, 0.25) is 0 Å². The molecule has 0 saturated carbocycles. The molecule has 2 atom stereocenters. The molecule has 0 bridgehead atoms. The van der Waals surface area contributed by atoms with E-state index < -0.39 is 8.25 Å². The molecule has 2 N–H and O–H groups in total. The van der Waals surface area contributed by atoms with Crippen molar-refractivity contribution >= 4 is 14.2 Å². The lowest BCUT2D eigenvalue weighted by Gasteiger charge is -2.11. The van der Waals surface area contributed by atoms with E-state index in [9.17, 15) is 9.36 Å². The van der Waals surface area contributed by atoms with Crippen molar-refractivity contribution < 1.29 is 18.8 Å². The van der Waals surface area contributed by atoms with Crippen LogP contribution in [0.15, 0.2) is 12.7 Å². The summed E-state index contributed by atoms with van der Waals surface area (Å²) in [5.74, 6) is -0.316. The first-order valence-electron chi connectivity index (χ1n) is 3.82. The van der Waals surface area contributed by atoms with Gasteiger partial charge in [0.25, 0.3) is 0 Å². The summed E-state index contributed by atoms with van der Waals surface area (Å²) in [5, 5.41) is 2.55. The Morgan fingerprint density at radius 3 is 2.85 bits per heavy atom. The Kier molecular flexibility index (Phi) is 6.32. The minimum Gasteiger partial charge on any atom is -0.347 e. The van der Waals surface area contributed by atoms with E-state index in [1.54, 1.807) is 0 Å². The van der Waals surface area contributed by atoms with Crippen molar-refractivity contribution in [3.63, 3.8) is 0 Å². The van der Waals surface area contributed by atoms with E-state index in [0.29, 0.717) is 6.42 Å². The molecule has 0 aliphatic heterocycles. The van der Waals surface area contributed by atoms with Gasteiger partial charge in [0.05, 0.1) is 6.04 Å². The first-order chi connectivity index (χ1) is 6.10. The fourth-order valence-electron chi connectivity index (χ4n) is 0.675. The molecule has 74 valence electrons. The van der Waals surface area contributed by atoms with E-state index in [1.165, 1.54) is 0 Å². The molecule has 0 aromatic carbocycles. The second kappa shape index (κ2) is 6.71. The summed E-state index contributed by atoms with van der Waals surface area (Å²) in [6.45, 7) is 5.15. The van der Waals surface area contributed by atoms with Gasteiger partial charge in [-0.1, -0.05) is 13.5 Å². The largest absolute Gasteiger partial charge is 0.694 e. The zero-order valence-corrected chi connectivity index (χ0v) is 8.29. The van der Waals surface area contributed by atoms with Crippen LogP contribution in [0.4, 0.5) is 0 Å². The van der Waals surface area contributed by atoms with Crippen LogP contribution in [0.1, 0.15) is 13.3 Å². The lowest BCUT2D eigenvalue weighted by atomic mass is 10.2. The van der Waals surface area contributed by atoms with Gasteiger partial charge in [-0.25, -0.2) is 0 Å². The molecule has 0 heterocycles. The number of nitrogens with one attached hydrogen (secondary N) is 1. The predicted molar refractivity (Wildman–Crippen MR) is 48.2 cm³/mol. The highest BCUT2D eigenvalue weighted by Gasteiger charge is 2.17. The summed E-state index contributed by atoms with van der Waals surface area (Å²) >= 11 is 0. The fourth-order valence-corrected chi connectivity index (χ4v) is 0.983. The topological polar surface area (TPSA) is 75.6 Å². The standard InChI is InChI=1S/C7H12NO4P/c1-3-6(5-12-13(10)11)8-7(9)4-2/h4,6H,2-3,5H2,1H3,(H-,8,9,10,11)/p+1. The van der Waals surface area contributed by atoms with Crippen molar-refractivity contribution in [2.75, 3.05) is 6.61 Å². The molecule has 5 nitrogen and oxygen atoms in total. The summed E-state index contributed by atoms with van der Waals surface area (Å²) in [6, 6.07) is -0.253. The zero-order valence-electron chi connectivity index (χ0n) is 7.40. The maximum absolute atomic E-state index is 10.8. The van der Waals surface area contributed by atoms with E-state index in [4.69, 9.17) is 4.89 Å². The maximum Gasteiger partial charge on any atom is 0.694 e. The Bertz CT molecular complexity index is 207. The van der Waals surface area contributed by atoms with Crippen LogP contribution in [0.25, 0.3) is 0 Å². The normalized spacial score (nSPS) is 13.2. The predicted octanol–water partition coefficient (Wildman–Crippen LogP) is 0.733. The van der Waals surface area contributed by atoms with E-state index >= 15 is 0 Å². The second-order valence-electron chi connectivity index (χ2n) is 2.35. The molecule has 0 saturated heterocycles. The van der Waals surface area contributed by atoms with Gasteiger partial charge >= 0.3 is 8.25 Å². The molecule has 0 fully saturated rings. The van der Waals surface area contributed by atoms with Crippen LogP contribution in [0.3, 0.4) is 0 Å². The lowest BCUT2D eigenvalue weighted by Crippen LogP contribution is -2.36. The molecule has 0 aliphatic carbocycles. The third-order valence-corrected chi connectivity index (χ3v) is 1.78. The molecular formula is C7H13NO4P+. The van der Waals surface area contributed by atoms with Crippen LogP contribution in [-0.2, 0) is 13.9 Å². The smallest absolute Gasteiger partial charge is 0.347 e. The monoisotopic (exact) mass is 206 g/mol. The van der Waals surface area contributed by atoms with Crippen molar-refractivity contribution in [3.05, 3.63) is 12.7 Å². The van der Waals surface area contributed by atoms with Gasteiger partial charge in [0.2, 0.25) is 5.91 Å². The molecule has 0 rings (SSSR count). The number of hydrogen-bond acceptors (Lipinski definition) is 3. The van der Waals surface area contributed by atoms with Gasteiger partial charge in [0.1, 0.15) is 6.61 Å². The highest BCUT2D eigenvalue weighted by atomic mass is 31.1. The third kappa shape index (κ3) is 6.40. The van der Waals surface area contributed by atoms with Crippen LogP contribution in [-0.4, -0.2) is 23.4 Å². The molecule has 0 spiro atoms. The number of carbonyl (C=O) groups excluding carboxylic acids is 1. The molecule has 0 aromatic rings. The summed E-state index contributed by atoms with van der Waals surface area (Å²) in [7, 11) is -2.60. The van der Waals surface area contributed by atoms with Crippen molar-refractivity contribution in [1.82, 2.24) is 5.32 Å². The van der Waals surface area contributed by atoms with Crippen LogP contribution in [0.5, 0.6) is 0 Å². The summed E-state index contributed by atoms with van der Waals surface area (Å²) < 4.78 is 14.6. The summed E-state index contributed by atoms with van der Waals surface area (Å²) in [6.07, 6.45) is 1.77. The maximum atomic E-state index is 10.8. The number of rotatable bonds is 6. The molecule has 0 aromatic heterocycles. The Morgan fingerprint density at radius 2 is 2.46 bits per heavy atom. The Hall–Kier alpha value is -0.770. The third-order valence-electron chi connectivity index (χ3n) is 1.41.